The highest BCUT2D eigenvalue weighted by Crippen LogP contribution is 2.20. The minimum absolute atomic E-state index is 0.118. The van der Waals surface area contributed by atoms with E-state index in [1.165, 1.54) is 24.9 Å². The number of aliphatic hydroxyl groups excluding tert-OH is 1. The molecule has 1 aromatic carbocycles. The maximum Gasteiger partial charge on any atom is 0.251 e. The molecule has 2 N–H and O–H groups in total. The van der Waals surface area contributed by atoms with Gasteiger partial charge in [0.05, 0.1) is 6.10 Å². The Morgan fingerprint density at radius 1 is 1.23 bits per heavy atom. The van der Waals surface area contributed by atoms with E-state index in [0.29, 0.717) is 12.1 Å². The van der Waals surface area contributed by atoms with Gasteiger partial charge in [-0.3, -0.25) is 4.79 Å². The topological polar surface area (TPSA) is 52.6 Å². The molecular formula is C18H28N2O2. The van der Waals surface area contributed by atoms with Gasteiger partial charge in [-0.25, -0.2) is 0 Å². The number of hydrogen-bond acceptors (Lipinski definition) is 3. The first-order valence-electron chi connectivity index (χ1n) is 8.43. The number of hydrogen-bond donors (Lipinski definition) is 2. The van der Waals surface area contributed by atoms with Crippen molar-refractivity contribution < 1.29 is 9.90 Å². The quantitative estimate of drug-likeness (QED) is 0.849. The van der Waals surface area contributed by atoms with Gasteiger partial charge in [-0.15, -0.1) is 0 Å². The molecule has 2 rings (SSSR count). The molecule has 0 aromatic heterocycles. The molecule has 1 saturated heterocycles. The van der Waals surface area contributed by atoms with E-state index < -0.39 is 6.10 Å². The summed E-state index contributed by atoms with van der Waals surface area (Å²) in [4.78, 5) is 14.5. The highest BCUT2D eigenvalue weighted by molar-refractivity contribution is 5.94. The molecule has 1 amide bonds. The van der Waals surface area contributed by atoms with Crippen LogP contribution in [-0.2, 0) is 0 Å². The summed E-state index contributed by atoms with van der Waals surface area (Å²) >= 11 is 0. The molecule has 122 valence electrons. The van der Waals surface area contributed by atoms with Crippen molar-refractivity contribution in [3.63, 3.8) is 0 Å². The maximum absolute atomic E-state index is 12.1. The van der Waals surface area contributed by atoms with Crippen LogP contribution < -0.4 is 10.2 Å². The number of nitrogens with zero attached hydrogens (tertiary/aromatic N) is 1. The molecule has 1 aromatic rings. The third-order valence-corrected chi connectivity index (χ3v) is 4.62. The van der Waals surface area contributed by atoms with Crippen LogP contribution in [0.4, 0.5) is 5.69 Å². The van der Waals surface area contributed by atoms with Crippen LogP contribution in [0.3, 0.4) is 0 Å². The van der Waals surface area contributed by atoms with Gasteiger partial charge in [0.15, 0.2) is 0 Å². The molecule has 1 aliphatic heterocycles. The van der Waals surface area contributed by atoms with Gasteiger partial charge in [0.1, 0.15) is 0 Å². The van der Waals surface area contributed by atoms with Crippen molar-refractivity contribution in [2.45, 2.75) is 45.6 Å². The van der Waals surface area contributed by atoms with E-state index in [2.05, 4.69) is 10.2 Å². The average molecular weight is 304 g/mol. The Labute approximate surface area is 133 Å². The van der Waals surface area contributed by atoms with Gasteiger partial charge in [0, 0.05) is 30.9 Å². The van der Waals surface area contributed by atoms with Crippen molar-refractivity contribution in [1.82, 2.24) is 5.32 Å². The normalized spacial score (nSPS) is 17.9. The highest BCUT2D eigenvalue weighted by atomic mass is 16.3. The van der Waals surface area contributed by atoms with Gasteiger partial charge in [0.25, 0.3) is 5.91 Å². The standard InChI is InChI=1S/C18H28N2O2/c1-3-14(2)17(21)13-19-18(22)15-7-9-16(10-8-15)20-11-5-4-6-12-20/h7-10,14,17,21H,3-6,11-13H2,1-2H3,(H,19,22). The van der Waals surface area contributed by atoms with E-state index in [1.54, 1.807) is 0 Å². The number of anilines is 1. The second-order valence-electron chi connectivity index (χ2n) is 6.26. The largest absolute Gasteiger partial charge is 0.391 e. The van der Waals surface area contributed by atoms with E-state index in [1.807, 2.05) is 38.1 Å². The molecule has 1 fully saturated rings. The third-order valence-electron chi connectivity index (χ3n) is 4.62. The lowest BCUT2D eigenvalue weighted by Crippen LogP contribution is -2.35. The van der Waals surface area contributed by atoms with Crippen LogP contribution >= 0.6 is 0 Å². The van der Waals surface area contributed by atoms with Gasteiger partial charge in [-0.1, -0.05) is 20.3 Å². The molecule has 0 bridgehead atoms. The van der Waals surface area contributed by atoms with Gasteiger partial charge in [-0.2, -0.15) is 0 Å². The minimum Gasteiger partial charge on any atom is -0.391 e. The fourth-order valence-electron chi connectivity index (χ4n) is 2.75. The smallest absolute Gasteiger partial charge is 0.251 e. The second kappa shape index (κ2) is 8.18. The first-order valence-corrected chi connectivity index (χ1v) is 8.43. The number of aliphatic hydroxyl groups is 1. The Balaban J connectivity index is 1.88. The highest BCUT2D eigenvalue weighted by Gasteiger charge is 2.15. The summed E-state index contributed by atoms with van der Waals surface area (Å²) in [5.41, 5.74) is 1.84. The zero-order valence-corrected chi connectivity index (χ0v) is 13.7. The first-order chi connectivity index (χ1) is 10.6. The minimum atomic E-state index is -0.485. The Bertz CT molecular complexity index is 466. The lowest BCUT2D eigenvalue weighted by Gasteiger charge is -2.28. The summed E-state index contributed by atoms with van der Waals surface area (Å²) in [6.07, 6.45) is 4.23. The van der Waals surface area contributed by atoms with Crippen LogP contribution in [0.1, 0.15) is 49.9 Å². The predicted octanol–water partition coefficient (Wildman–Crippen LogP) is 2.81. The van der Waals surface area contributed by atoms with Crippen LogP contribution in [0, 0.1) is 5.92 Å². The fraction of sp³-hybridized carbons (Fsp3) is 0.611. The zero-order valence-electron chi connectivity index (χ0n) is 13.7. The van der Waals surface area contributed by atoms with Gasteiger partial charge in [0.2, 0.25) is 0 Å². The van der Waals surface area contributed by atoms with Crippen molar-refractivity contribution in [3.8, 4) is 0 Å². The third kappa shape index (κ3) is 4.47. The molecule has 4 nitrogen and oxygen atoms in total. The summed E-state index contributed by atoms with van der Waals surface area (Å²) in [5.74, 6) is 0.0781. The number of rotatable bonds is 6. The zero-order chi connectivity index (χ0) is 15.9. The number of benzene rings is 1. The Hall–Kier alpha value is -1.55. The lowest BCUT2D eigenvalue weighted by atomic mass is 10.0. The van der Waals surface area contributed by atoms with Crippen molar-refractivity contribution in [2.24, 2.45) is 5.92 Å². The maximum atomic E-state index is 12.1. The molecule has 22 heavy (non-hydrogen) atoms. The van der Waals surface area contributed by atoms with E-state index in [9.17, 15) is 9.90 Å². The number of nitrogens with one attached hydrogen (secondary N) is 1. The molecule has 2 atom stereocenters. The lowest BCUT2D eigenvalue weighted by molar-refractivity contribution is 0.0850. The summed E-state index contributed by atoms with van der Waals surface area (Å²) in [7, 11) is 0. The van der Waals surface area contributed by atoms with Crippen molar-refractivity contribution in [3.05, 3.63) is 29.8 Å². The van der Waals surface area contributed by atoms with Crippen molar-refractivity contribution in [1.29, 1.82) is 0 Å². The summed E-state index contributed by atoms with van der Waals surface area (Å²) in [6, 6.07) is 7.78. The summed E-state index contributed by atoms with van der Waals surface area (Å²) in [6.45, 7) is 6.54. The van der Waals surface area contributed by atoms with E-state index >= 15 is 0 Å². The number of amides is 1. The number of carbonyl (C=O) groups is 1. The Morgan fingerprint density at radius 2 is 1.86 bits per heavy atom. The average Bonchev–Trinajstić information content (AvgIpc) is 2.59. The Kier molecular flexibility index (Phi) is 6.25. The molecule has 0 saturated carbocycles. The van der Waals surface area contributed by atoms with Gasteiger partial charge < -0.3 is 15.3 Å². The van der Waals surface area contributed by atoms with Crippen LogP contribution in [0.15, 0.2) is 24.3 Å². The van der Waals surface area contributed by atoms with Crippen LogP contribution in [-0.4, -0.2) is 36.8 Å². The van der Waals surface area contributed by atoms with Gasteiger partial charge in [-0.05, 0) is 49.4 Å². The molecule has 0 aliphatic carbocycles. The van der Waals surface area contributed by atoms with Crippen LogP contribution in [0.25, 0.3) is 0 Å². The number of carbonyl (C=O) groups excluding carboxylic acids is 1. The van der Waals surface area contributed by atoms with E-state index in [0.717, 1.165) is 19.5 Å². The van der Waals surface area contributed by atoms with Crippen molar-refractivity contribution >= 4 is 11.6 Å². The SMILES string of the molecule is CCC(C)C(O)CNC(=O)c1ccc(N2CCCCC2)cc1. The van der Waals surface area contributed by atoms with E-state index in [-0.39, 0.29) is 11.8 Å². The molecule has 2 unspecified atom stereocenters. The molecule has 0 spiro atoms. The van der Waals surface area contributed by atoms with Crippen molar-refractivity contribution in [2.75, 3.05) is 24.5 Å². The first kappa shape index (κ1) is 16.8. The molecule has 1 heterocycles. The van der Waals surface area contributed by atoms with Crippen LogP contribution in [0.2, 0.25) is 0 Å². The monoisotopic (exact) mass is 304 g/mol. The predicted molar refractivity (Wildman–Crippen MR) is 90.3 cm³/mol. The molecule has 4 heteroatoms. The summed E-state index contributed by atoms with van der Waals surface area (Å²) in [5, 5.41) is 12.7. The number of piperidine rings is 1. The molecule has 0 radical (unpaired) electrons. The van der Waals surface area contributed by atoms with Crippen LogP contribution in [0.5, 0.6) is 0 Å². The van der Waals surface area contributed by atoms with E-state index in [4.69, 9.17) is 0 Å². The summed E-state index contributed by atoms with van der Waals surface area (Å²) < 4.78 is 0. The van der Waals surface area contributed by atoms with Gasteiger partial charge >= 0.3 is 0 Å². The molecular weight excluding hydrogens is 276 g/mol. The Morgan fingerprint density at radius 3 is 2.45 bits per heavy atom. The second-order valence-corrected chi connectivity index (χ2v) is 6.26. The molecule has 1 aliphatic rings. The fourth-order valence-corrected chi connectivity index (χ4v) is 2.75.